The van der Waals surface area contributed by atoms with E-state index in [4.69, 9.17) is 19.4 Å². The first-order chi connectivity index (χ1) is 24.8. The molecule has 50 heavy (non-hydrogen) atoms. The van der Waals surface area contributed by atoms with Crippen LogP contribution in [0.2, 0.25) is 0 Å². The number of furan rings is 1. The summed E-state index contributed by atoms with van der Waals surface area (Å²) in [5, 5.41) is 1.01. The highest BCUT2D eigenvalue weighted by Gasteiger charge is 2.44. The molecule has 6 heteroatoms. The average Bonchev–Trinajstić information content (AvgIpc) is 3.74. The van der Waals surface area contributed by atoms with Gasteiger partial charge in [-0.05, 0) is 53.6 Å². The molecule has 8 aromatic rings. The Bertz CT molecular complexity index is 2490. The number of aromatic nitrogens is 4. The Morgan fingerprint density at radius 2 is 1.22 bits per heavy atom. The highest BCUT2D eigenvalue weighted by Crippen LogP contribution is 2.55. The summed E-state index contributed by atoms with van der Waals surface area (Å²) in [5.41, 5.74) is 10.3. The normalized spacial score (nSPS) is 15.9. The molecule has 2 atom stereocenters. The van der Waals surface area contributed by atoms with Crippen LogP contribution in [-0.2, 0) is 0 Å². The zero-order valence-corrected chi connectivity index (χ0v) is 26.9. The summed E-state index contributed by atoms with van der Waals surface area (Å²) in [6, 6.07) is 47.9. The lowest BCUT2D eigenvalue weighted by Crippen LogP contribution is -2.30. The summed E-state index contributed by atoms with van der Waals surface area (Å²) in [6.45, 7) is 0. The van der Waals surface area contributed by atoms with Crippen LogP contribution >= 0.6 is 0 Å². The van der Waals surface area contributed by atoms with E-state index in [0.717, 1.165) is 55.8 Å². The second-order valence-electron chi connectivity index (χ2n) is 12.6. The van der Waals surface area contributed by atoms with Crippen molar-refractivity contribution in [1.29, 1.82) is 0 Å². The highest BCUT2D eigenvalue weighted by molar-refractivity contribution is 6.05. The summed E-state index contributed by atoms with van der Waals surface area (Å²) >= 11 is 0. The SMILES string of the molecule is C1=CC2C(c3ccccc3N2c2ccccc2)c2c1oc1ccc(-c3cccnc3)c(-c3nc(-c4ccccc4)nc(-c4ccccc4)n3)c21. The van der Waals surface area contributed by atoms with Crippen LogP contribution < -0.4 is 4.90 Å². The van der Waals surface area contributed by atoms with Gasteiger partial charge in [-0.15, -0.1) is 0 Å². The second-order valence-corrected chi connectivity index (χ2v) is 12.6. The van der Waals surface area contributed by atoms with Crippen molar-refractivity contribution in [3.8, 4) is 45.3 Å². The Morgan fingerprint density at radius 1 is 0.580 bits per heavy atom. The van der Waals surface area contributed by atoms with Gasteiger partial charge in [-0.3, -0.25) is 4.98 Å². The molecule has 6 nitrogen and oxygen atoms in total. The van der Waals surface area contributed by atoms with E-state index in [0.29, 0.717) is 17.5 Å². The molecule has 0 amide bonds. The van der Waals surface area contributed by atoms with Gasteiger partial charge in [-0.25, -0.2) is 15.0 Å². The number of anilines is 2. The van der Waals surface area contributed by atoms with Gasteiger partial charge < -0.3 is 9.32 Å². The number of hydrogen-bond donors (Lipinski definition) is 0. The Hall–Kier alpha value is -6.66. The van der Waals surface area contributed by atoms with Gasteiger partial charge in [0.1, 0.15) is 11.3 Å². The van der Waals surface area contributed by atoms with Crippen LogP contribution in [0.15, 0.2) is 162 Å². The van der Waals surface area contributed by atoms with Crippen molar-refractivity contribution >= 4 is 28.4 Å². The molecule has 0 bridgehead atoms. The first-order valence-electron chi connectivity index (χ1n) is 16.8. The Morgan fingerprint density at radius 3 is 1.92 bits per heavy atom. The monoisotopic (exact) mass is 643 g/mol. The minimum Gasteiger partial charge on any atom is -0.456 e. The zero-order valence-electron chi connectivity index (χ0n) is 26.9. The Labute approximate surface area is 289 Å². The van der Waals surface area contributed by atoms with Crippen LogP contribution in [0.3, 0.4) is 0 Å². The smallest absolute Gasteiger partial charge is 0.165 e. The van der Waals surface area contributed by atoms with Gasteiger partial charge in [0.25, 0.3) is 0 Å². The number of benzene rings is 5. The summed E-state index contributed by atoms with van der Waals surface area (Å²) in [4.78, 5) is 22.5. The van der Waals surface area contributed by atoms with Gasteiger partial charge in [-0.2, -0.15) is 0 Å². The molecule has 0 radical (unpaired) electrons. The van der Waals surface area contributed by atoms with Gasteiger partial charge in [0, 0.05) is 62.9 Å². The molecule has 3 aromatic heterocycles. The third-order valence-corrected chi connectivity index (χ3v) is 9.78. The maximum atomic E-state index is 6.75. The van der Waals surface area contributed by atoms with Crippen molar-refractivity contribution in [3.63, 3.8) is 0 Å². The number of para-hydroxylation sites is 2. The van der Waals surface area contributed by atoms with Crippen LogP contribution in [0.1, 0.15) is 22.8 Å². The summed E-state index contributed by atoms with van der Waals surface area (Å²) in [5.74, 6) is 2.68. The van der Waals surface area contributed by atoms with Crippen LogP contribution in [0.4, 0.5) is 11.4 Å². The largest absolute Gasteiger partial charge is 0.456 e. The summed E-state index contributed by atoms with van der Waals surface area (Å²) < 4.78 is 6.75. The maximum Gasteiger partial charge on any atom is 0.165 e. The van der Waals surface area contributed by atoms with Crippen molar-refractivity contribution in [2.24, 2.45) is 0 Å². The van der Waals surface area contributed by atoms with Crippen LogP contribution in [-0.4, -0.2) is 26.0 Å². The summed E-state index contributed by atoms with van der Waals surface area (Å²) in [6.07, 6.45) is 8.13. The minimum atomic E-state index is 0.0135. The van der Waals surface area contributed by atoms with E-state index in [1.807, 2.05) is 72.9 Å². The number of nitrogens with zero attached hydrogens (tertiary/aromatic N) is 5. The van der Waals surface area contributed by atoms with Crippen LogP contribution in [0.5, 0.6) is 0 Å². The third-order valence-electron chi connectivity index (χ3n) is 9.78. The molecule has 4 heterocycles. The van der Waals surface area contributed by atoms with Gasteiger partial charge >= 0.3 is 0 Å². The molecular formula is C44H29N5O. The Kier molecular flexibility index (Phi) is 6.52. The number of fused-ring (bicyclic) bond motifs is 7. The standard InChI is InChI=1S/C44H29N5O/c1-4-13-28(14-5-1)42-46-43(29-15-6-2-7-16-29)48-44(47-42)39-32(30-17-12-26-45-27-30)22-24-36-41(39)40-37(50-36)25-23-35-38(40)33-20-10-11-21-34(33)49(35)31-18-8-3-9-19-31/h1-27,35,38H. The van der Waals surface area contributed by atoms with E-state index >= 15 is 0 Å². The van der Waals surface area contributed by atoms with Crippen molar-refractivity contribution in [3.05, 3.63) is 175 Å². The molecule has 0 saturated heterocycles. The molecule has 0 fully saturated rings. The molecule has 0 spiro atoms. The van der Waals surface area contributed by atoms with E-state index in [1.54, 1.807) is 6.20 Å². The lowest BCUT2D eigenvalue weighted by atomic mass is 9.81. The predicted octanol–water partition coefficient (Wildman–Crippen LogP) is 10.4. The van der Waals surface area contributed by atoms with Crippen molar-refractivity contribution in [2.45, 2.75) is 12.0 Å². The minimum absolute atomic E-state index is 0.0135. The van der Waals surface area contributed by atoms with Gasteiger partial charge in [0.15, 0.2) is 17.5 Å². The van der Waals surface area contributed by atoms with E-state index in [9.17, 15) is 0 Å². The average molecular weight is 644 g/mol. The Balaban J connectivity index is 1.29. The number of rotatable bonds is 5. The first-order valence-corrected chi connectivity index (χ1v) is 16.8. The second kappa shape index (κ2) is 11.5. The van der Waals surface area contributed by atoms with E-state index in [2.05, 4.69) is 94.8 Å². The van der Waals surface area contributed by atoms with E-state index in [1.165, 1.54) is 11.3 Å². The van der Waals surface area contributed by atoms with Gasteiger partial charge in [0.2, 0.25) is 0 Å². The summed E-state index contributed by atoms with van der Waals surface area (Å²) in [7, 11) is 0. The molecule has 10 rings (SSSR count). The quantitative estimate of drug-likeness (QED) is 0.186. The van der Waals surface area contributed by atoms with Crippen molar-refractivity contribution < 1.29 is 4.42 Å². The molecule has 236 valence electrons. The molecule has 5 aromatic carbocycles. The van der Waals surface area contributed by atoms with Gasteiger partial charge in [0.05, 0.1) is 6.04 Å². The molecule has 0 N–H and O–H groups in total. The van der Waals surface area contributed by atoms with Crippen LogP contribution in [0.25, 0.3) is 62.3 Å². The van der Waals surface area contributed by atoms with E-state index in [-0.39, 0.29) is 12.0 Å². The number of hydrogen-bond acceptors (Lipinski definition) is 6. The topological polar surface area (TPSA) is 67.9 Å². The van der Waals surface area contributed by atoms with Crippen molar-refractivity contribution in [1.82, 2.24) is 19.9 Å². The first kappa shape index (κ1) is 28.4. The number of pyridine rings is 1. The molecule has 0 saturated carbocycles. The molecule has 1 aliphatic carbocycles. The van der Waals surface area contributed by atoms with Crippen molar-refractivity contribution in [2.75, 3.05) is 4.90 Å². The van der Waals surface area contributed by atoms with E-state index < -0.39 is 0 Å². The van der Waals surface area contributed by atoms with Gasteiger partial charge in [-0.1, -0.05) is 109 Å². The molecule has 1 aliphatic heterocycles. The molecular weight excluding hydrogens is 615 g/mol. The fourth-order valence-electron chi connectivity index (χ4n) is 7.65. The third kappa shape index (κ3) is 4.49. The zero-order chi connectivity index (χ0) is 33.0. The molecule has 2 unspecified atom stereocenters. The fourth-order valence-corrected chi connectivity index (χ4v) is 7.65. The fraction of sp³-hybridized carbons (Fsp3) is 0.0455. The lowest BCUT2D eigenvalue weighted by molar-refractivity contribution is 0.584. The molecule has 2 aliphatic rings. The van der Waals surface area contributed by atoms with Crippen LogP contribution in [0, 0.1) is 0 Å². The lowest BCUT2D eigenvalue weighted by Gasteiger charge is -2.30. The maximum absolute atomic E-state index is 6.75. The highest BCUT2D eigenvalue weighted by atomic mass is 16.3. The predicted molar refractivity (Wildman–Crippen MR) is 199 cm³/mol.